The van der Waals surface area contributed by atoms with Crippen molar-refractivity contribution in [3.05, 3.63) is 69.3 Å². The van der Waals surface area contributed by atoms with Gasteiger partial charge in [0, 0.05) is 22.5 Å². The fourth-order valence-corrected chi connectivity index (χ4v) is 2.63. The van der Waals surface area contributed by atoms with E-state index in [1.54, 1.807) is 18.2 Å². The highest BCUT2D eigenvalue weighted by atomic mass is 79.9. The summed E-state index contributed by atoms with van der Waals surface area (Å²) in [6.07, 6.45) is 1.53. The molecule has 0 aliphatic carbocycles. The molecule has 0 bridgehead atoms. The highest BCUT2D eigenvalue weighted by Gasteiger charge is 2.24. The molecule has 0 saturated carbocycles. The standard InChI is InChI=1S/C19H14BrNO4/c1-11-3-5-13(6-4-11)18-21-16(19(23)25-18)10-14-9-15(20)7-8-17(14)24-12(2)22/h3-10H,1-2H3/b16-10-. The average molecular weight is 400 g/mol. The van der Waals surface area contributed by atoms with Crippen LogP contribution >= 0.6 is 15.9 Å². The molecule has 2 aromatic rings. The first kappa shape index (κ1) is 17.1. The SMILES string of the molecule is CC(=O)Oc1ccc(Br)cc1/C=C1\N=C(c2ccc(C)cc2)OC1=O. The van der Waals surface area contributed by atoms with Gasteiger partial charge in [0.1, 0.15) is 5.75 Å². The minimum atomic E-state index is -0.552. The van der Waals surface area contributed by atoms with Gasteiger partial charge in [-0.1, -0.05) is 33.6 Å². The number of nitrogens with zero attached hydrogens (tertiary/aromatic N) is 1. The lowest BCUT2D eigenvalue weighted by atomic mass is 10.1. The first-order valence-electron chi connectivity index (χ1n) is 7.50. The maximum absolute atomic E-state index is 12.1. The Kier molecular flexibility index (Phi) is 4.81. The molecule has 0 atom stereocenters. The van der Waals surface area contributed by atoms with Crippen LogP contribution in [0.2, 0.25) is 0 Å². The number of esters is 2. The van der Waals surface area contributed by atoms with Crippen LogP contribution in [0.1, 0.15) is 23.6 Å². The zero-order valence-corrected chi connectivity index (χ0v) is 15.2. The maximum Gasteiger partial charge on any atom is 0.363 e. The number of benzene rings is 2. The molecule has 1 aliphatic rings. The third kappa shape index (κ3) is 4.03. The number of rotatable bonds is 3. The van der Waals surface area contributed by atoms with Gasteiger partial charge < -0.3 is 9.47 Å². The number of aryl methyl sites for hydroxylation is 1. The Morgan fingerprint density at radius 1 is 1.20 bits per heavy atom. The number of hydrogen-bond donors (Lipinski definition) is 0. The second kappa shape index (κ2) is 7.03. The van der Waals surface area contributed by atoms with Crippen LogP contribution in [-0.2, 0) is 14.3 Å². The normalized spacial score (nSPS) is 15.1. The number of carbonyl (C=O) groups excluding carboxylic acids is 2. The Bertz CT molecular complexity index is 914. The van der Waals surface area contributed by atoms with Gasteiger partial charge in [-0.25, -0.2) is 9.79 Å². The first-order valence-corrected chi connectivity index (χ1v) is 8.29. The molecule has 0 radical (unpaired) electrons. The molecule has 3 rings (SSSR count). The van der Waals surface area contributed by atoms with E-state index < -0.39 is 11.9 Å². The van der Waals surface area contributed by atoms with E-state index in [9.17, 15) is 9.59 Å². The Labute approximate surface area is 153 Å². The minimum absolute atomic E-state index is 0.141. The Hall–Kier alpha value is -2.73. The zero-order chi connectivity index (χ0) is 18.0. The Morgan fingerprint density at radius 2 is 1.92 bits per heavy atom. The summed E-state index contributed by atoms with van der Waals surface area (Å²) in [6, 6.07) is 12.6. The molecule has 0 saturated heterocycles. The van der Waals surface area contributed by atoms with Crippen LogP contribution in [-0.4, -0.2) is 17.8 Å². The molecular formula is C19H14BrNO4. The van der Waals surface area contributed by atoms with Gasteiger partial charge in [-0.3, -0.25) is 4.79 Å². The predicted octanol–water partition coefficient (Wildman–Crippen LogP) is 4.03. The number of halogens is 1. The van der Waals surface area contributed by atoms with Gasteiger partial charge in [-0.15, -0.1) is 0 Å². The van der Waals surface area contributed by atoms with Gasteiger partial charge in [0.2, 0.25) is 5.90 Å². The lowest BCUT2D eigenvalue weighted by Gasteiger charge is -2.06. The number of carbonyl (C=O) groups is 2. The number of hydrogen-bond acceptors (Lipinski definition) is 5. The van der Waals surface area contributed by atoms with Crippen LogP contribution in [0.3, 0.4) is 0 Å². The Balaban J connectivity index is 1.98. The van der Waals surface area contributed by atoms with Crippen molar-refractivity contribution in [2.45, 2.75) is 13.8 Å². The van der Waals surface area contributed by atoms with Gasteiger partial charge in [-0.2, -0.15) is 0 Å². The van der Waals surface area contributed by atoms with E-state index in [2.05, 4.69) is 20.9 Å². The molecule has 2 aromatic carbocycles. The zero-order valence-electron chi connectivity index (χ0n) is 13.6. The van der Waals surface area contributed by atoms with Crippen LogP contribution in [0.4, 0.5) is 0 Å². The third-order valence-electron chi connectivity index (χ3n) is 3.44. The molecule has 0 amide bonds. The molecule has 0 fully saturated rings. The van der Waals surface area contributed by atoms with Crippen LogP contribution < -0.4 is 4.74 Å². The molecule has 0 aromatic heterocycles. The van der Waals surface area contributed by atoms with Gasteiger partial charge in [-0.05, 0) is 43.3 Å². The van der Waals surface area contributed by atoms with Gasteiger partial charge in [0.15, 0.2) is 5.70 Å². The van der Waals surface area contributed by atoms with Crippen LogP contribution in [0, 0.1) is 6.92 Å². The summed E-state index contributed by atoms with van der Waals surface area (Å²) in [5.74, 6) is -0.403. The van der Waals surface area contributed by atoms with E-state index in [0.29, 0.717) is 11.3 Å². The van der Waals surface area contributed by atoms with Crippen molar-refractivity contribution in [2.24, 2.45) is 4.99 Å². The van der Waals surface area contributed by atoms with Crippen LogP contribution in [0.15, 0.2) is 57.6 Å². The monoisotopic (exact) mass is 399 g/mol. The summed E-state index contributed by atoms with van der Waals surface area (Å²) < 4.78 is 11.2. The number of ether oxygens (including phenoxy) is 2. The van der Waals surface area contributed by atoms with Gasteiger partial charge in [0.05, 0.1) is 0 Å². The molecule has 1 heterocycles. The molecule has 6 heteroatoms. The van der Waals surface area contributed by atoms with Crippen molar-refractivity contribution in [3.63, 3.8) is 0 Å². The molecule has 0 spiro atoms. The maximum atomic E-state index is 12.1. The Morgan fingerprint density at radius 3 is 2.60 bits per heavy atom. The van der Waals surface area contributed by atoms with E-state index in [1.165, 1.54) is 13.0 Å². The molecule has 5 nitrogen and oxygen atoms in total. The largest absolute Gasteiger partial charge is 0.426 e. The minimum Gasteiger partial charge on any atom is -0.426 e. The van der Waals surface area contributed by atoms with Crippen molar-refractivity contribution < 1.29 is 19.1 Å². The second-order valence-electron chi connectivity index (χ2n) is 5.48. The quantitative estimate of drug-likeness (QED) is 0.444. The summed E-state index contributed by atoms with van der Waals surface area (Å²) in [5, 5.41) is 0. The van der Waals surface area contributed by atoms with Gasteiger partial charge >= 0.3 is 11.9 Å². The van der Waals surface area contributed by atoms with E-state index >= 15 is 0 Å². The summed E-state index contributed by atoms with van der Waals surface area (Å²) in [7, 11) is 0. The summed E-state index contributed by atoms with van der Waals surface area (Å²) in [4.78, 5) is 27.6. The van der Waals surface area contributed by atoms with Gasteiger partial charge in [0.25, 0.3) is 0 Å². The lowest BCUT2D eigenvalue weighted by Crippen LogP contribution is -2.05. The van der Waals surface area contributed by atoms with Crippen LogP contribution in [0.5, 0.6) is 5.75 Å². The highest BCUT2D eigenvalue weighted by Crippen LogP contribution is 2.28. The van der Waals surface area contributed by atoms with Crippen molar-refractivity contribution in [1.29, 1.82) is 0 Å². The number of cyclic esters (lactones) is 1. The average Bonchev–Trinajstić information content (AvgIpc) is 2.91. The van der Waals surface area contributed by atoms with Crippen LogP contribution in [0.25, 0.3) is 6.08 Å². The molecule has 0 N–H and O–H groups in total. The fraction of sp³-hybridized carbons (Fsp3) is 0.105. The highest BCUT2D eigenvalue weighted by molar-refractivity contribution is 9.10. The molecule has 25 heavy (non-hydrogen) atoms. The summed E-state index contributed by atoms with van der Waals surface area (Å²) >= 11 is 3.36. The summed E-state index contributed by atoms with van der Waals surface area (Å²) in [6.45, 7) is 3.29. The van der Waals surface area contributed by atoms with E-state index in [-0.39, 0.29) is 11.6 Å². The third-order valence-corrected chi connectivity index (χ3v) is 3.93. The predicted molar refractivity (Wildman–Crippen MR) is 97.2 cm³/mol. The fourth-order valence-electron chi connectivity index (χ4n) is 2.26. The topological polar surface area (TPSA) is 65.0 Å². The summed E-state index contributed by atoms with van der Waals surface area (Å²) in [5.41, 5.74) is 2.51. The van der Waals surface area contributed by atoms with Crippen molar-refractivity contribution in [3.8, 4) is 5.75 Å². The molecule has 0 unspecified atom stereocenters. The molecule has 126 valence electrons. The van der Waals surface area contributed by atoms with Crippen molar-refractivity contribution >= 4 is 39.8 Å². The van der Waals surface area contributed by atoms with E-state index in [1.807, 2.05) is 31.2 Å². The molecule has 1 aliphatic heterocycles. The van der Waals surface area contributed by atoms with E-state index in [4.69, 9.17) is 9.47 Å². The smallest absolute Gasteiger partial charge is 0.363 e. The first-order chi connectivity index (χ1) is 11.9. The second-order valence-corrected chi connectivity index (χ2v) is 6.39. The van der Waals surface area contributed by atoms with Crippen molar-refractivity contribution in [1.82, 2.24) is 0 Å². The molecular weight excluding hydrogens is 386 g/mol. The lowest BCUT2D eigenvalue weighted by molar-refractivity contribution is -0.132. The van der Waals surface area contributed by atoms with Crippen molar-refractivity contribution in [2.75, 3.05) is 0 Å². The van der Waals surface area contributed by atoms with E-state index in [0.717, 1.165) is 15.6 Å². The number of aliphatic imine (C=N–C) groups is 1.